The van der Waals surface area contributed by atoms with Gasteiger partial charge in [0.2, 0.25) is 0 Å². The van der Waals surface area contributed by atoms with Crippen molar-refractivity contribution in [2.75, 3.05) is 13.7 Å². The molecule has 1 aromatic carbocycles. The van der Waals surface area contributed by atoms with Gasteiger partial charge in [-0.25, -0.2) is 14.8 Å². The van der Waals surface area contributed by atoms with Gasteiger partial charge < -0.3 is 9.47 Å². The Balaban J connectivity index is 2.26. The van der Waals surface area contributed by atoms with Gasteiger partial charge in [-0.3, -0.25) is 0 Å². The van der Waals surface area contributed by atoms with Crippen LogP contribution in [-0.4, -0.2) is 29.7 Å². The van der Waals surface area contributed by atoms with Gasteiger partial charge >= 0.3 is 5.97 Å². The number of rotatable bonds is 11. The Kier molecular flexibility index (Phi) is 8.92. The Labute approximate surface area is 168 Å². The minimum atomic E-state index is -0.378. The van der Waals surface area contributed by atoms with E-state index in [0.717, 1.165) is 30.0 Å². The summed E-state index contributed by atoms with van der Waals surface area (Å²) in [6.45, 7) is 6.20. The predicted molar refractivity (Wildman–Crippen MR) is 112 cm³/mol. The average molecular weight is 385 g/mol. The van der Waals surface area contributed by atoms with Crippen LogP contribution in [0.15, 0.2) is 24.3 Å². The lowest BCUT2D eigenvalue weighted by atomic mass is 10.0. The number of benzene rings is 1. The first-order valence-corrected chi connectivity index (χ1v) is 10.3. The lowest BCUT2D eigenvalue weighted by Crippen LogP contribution is -2.13. The molecule has 0 spiro atoms. The Morgan fingerprint density at radius 1 is 0.964 bits per heavy atom. The summed E-state index contributed by atoms with van der Waals surface area (Å²) >= 11 is 0. The second kappa shape index (κ2) is 11.4. The maximum Gasteiger partial charge on any atom is 0.342 e. The van der Waals surface area contributed by atoms with Crippen molar-refractivity contribution in [1.29, 1.82) is 0 Å². The zero-order valence-corrected chi connectivity index (χ0v) is 17.6. The molecule has 5 nitrogen and oxygen atoms in total. The second-order valence-electron chi connectivity index (χ2n) is 6.92. The van der Waals surface area contributed by atoms with E-state index < -0.39 is 0 Å². The van der Waals surface area contributed by atoms with E-state index in [2.05, 4.69) is 11.9 Å². The molecule has 5 heteroatoms. The van der Waals surface area contributed by atoms with E-state index >= 15 is 0 Å². The first-order chi connectivity index (χ1) is 13.6. The monoisotopic (exact) mass is 384 g/mol. The molecule has 0 N–H and O–H groups in total. The maximum absolute atomic E-state index is 12.5. The van der Waals surface area contributed by atoms with Crippen molar-refractivity contribution in [2.24, 2.45) is 0 Å². The van der Waals surface area contributed by atoms with Crippen LogP contribution in [0, 0.1) is 6.92 Å². The van der Waals surface area contributed by atoms with E-state index in [0.29, 0.717) is 23.6 Å². The van der Waals surface area contributed by atoms with E-state index in [1.54, 1.807) is 14.0 Å². The summed E-state index contributed by atoms with van der Waals surface area (Å²) in [5, 5.41) is 0. The van der Waals surface area contributed by atoms with E-state index in [9.17, 15) is 4.79 Å². The van der Waals surface area contributed by atoms with Crippen LogP contribution < -0.4 is 4.74 Å². The molecule has 1 aromatic heterocycles. The van der Waals surface area contributed by atoms with Gasteiger partial charge in [0, 0.05) is 12.0 Å². The first-order valence-electron chi connectivity index (χ1n) is 10.3. The standard InChI is InChI=1S/C23H32N2O3/c1-5-7-8-9-10-11-12-20-24-17(3)21(23(26)28-6-2)22(25-20)18-13-15-19(27-4)16-14-18/h13-16H,5-12H2,1-4H3. The average Bonchev–Trinajstić information content (AvgIpc) is 2.70. The Morgan fingerprint density at radius 2 is 1.64 bits per heavy atom. The normalized spacial score (nSPS) is 10.7. The molecule has 0 aliphatic heterocycles. The molecule has 152 valence electrons. The molecule has 0 saturated heterocycles. The molecule has 2 rings (SSSR count). The molecule has 1 heterocycles. The molecule has 0 aliphatic rings. The largest absolute Gasteiger partial charge is 0.497 e. The summed E-state index contributed by atoms with van der Waals surface area (Å²) in [7, 11) is 1.63. The summed E-state index contributed by atoms with van der Waals surface area (Å²) < 4.78 is 10.5. The second-order valence-corrected chi connectivity index (χ2v) is 6.92. The smallest absolute Gasteiger partial charge is 0.342 e. The number of carbonyl (C=O) groups excluding carboxylic acids is 1. The fourth-order valence-electron chi connectivity index (χ4n) is 3.21. The minimum absolute atomic E-state index is 0.319. The van der Waals surface area contributed by atoms with Crippen molar-refractivity contribution < 1.29 is 14.3 Å². The Bertz CT molecular complexity index is 757. The number of nitrogens with zero attached hydrogens (tertiary/aromatic N) is 2. The first kappa shape index (κ1) is 21.9. The van der Waals surface area contributed by atoms with Gasteiger partial charge in [-0.15, -0.1) is 0 Å². The quantitative estimate of drug-likeness (QED) is 0.376. The van der Waals surface area contributed by atoms with Gasteiger partial charge in [-0.05, 0) is 44.5 Å². The number of aromatic nitrogens is 2. The van der Waals surface area contributed by atoms with Gasteiger partial charge in [0.1, 0.15) is 17.1 Å². The van der Waals surface area contributed by atoms with Crippen LogP contribution >= 0.6 is 0 Å². The minimum Gasteiger partial charge on any atom is -0.497 e. The topological polar surface area (TPSA) is 61.3 Å². The summed E-state index contributed by atoms with van der Waals surface area (Å²) in [5.41, 5.74) is 2.60. The number of aryl methyl sites for hydroxylation is 2. The fourth-order valence-corrected chi connectivity index (χ4v) is 3.21. The number of unbranched alkanes of at least 4 members (excludes halogenated alkanes) is 5. The maximum atomic E-state index is 12.5. The molecule has 0 atom stereocenters. The third-order valence-electron chi connectivity index (χ3n) is 4.73. The molecule has 28 heavy (non-hydrogen) atoms. The summed E-state index contributed by atoms with van der Waals surface area (Å²) in [6, 6.07) is 7.57. The summed E-state index contributed by atoms with van der Waals surface area (Å²) in [6.07, 6.45) is 8.14. The fraction of sp³-hybridized carbons (Fsp3) is 0.522. The summed E-state index contributed by atoms with van der Waals surface area (Å²) in [4.78, 5) is 21.9. The van der Waals surface area contributed by atoms with Crippen molar-refractivity contribution in [2.45, 2.75) is 65.7 Å². The van der Waals surface area contributed by atoms with Crippen LogP contribution in [-0.2, 0) is 11.2 Å². The number of ether oxygens (including phenoxy) is 2. The lowest BCUT2D eigenvalue weighted by molar-refractivity contribution is 0.0525. The zero-order chi connectivity index (χ0) is 20.4. The molecule has 0 bridgehead atoms. The number of esters is 1. The van der Waals surface area contributed by atoms with Crippen LogP contribution in [0.25, 0.3) is 11.3 Å². The highest BCUT2D eigenvalue weighted by Gasteiger charge is 2.21. The van der Waals surface area contributed by atoms with Crippen LogP contribution in [0.5, 0.6) is 5.75 Å². The summed E-state index contributed by atoms with van der Waals surface area (Å²) in [5.74, 6) is 1.17. The van der Waals surface area contributed by atoms with Crippen LogP contribution in [0.2, 0.25) is 0 Å². The van der Waals surface area contributed by atoms with Gasteiger partial charge in [-0.1, -0.05) is 39.0 Å². The predicted octanol–water partition coefficient (Wildman–Crippen LogP) is 5.54. The van der Waals surface area contributed by atoms with Gasteiger partial charge in [0.25, 0.3) is 0 Å². The number of hydrogen-bond donors (Lipinski definition) is 0. The number of hydrogen-bond acceptors (Lipinski definition) is 5. The van der Waals surface area contributed by atoms with Gasteiger partial charge in [0.05, 0.1) is 25.1 Å². The van der Waals surface area contributed by atoms with E-state index in [1.807, 2.05) is 31.2 Å². The van der Waals surface area contributed by atoms with Crippen molar-refractivity contribution >= 4 is 5.97 Å². The zero-order valence-electron chi connectivity index (χ0n) is 17.6. The third kappa shape index (κ3) is 6.04. The van der Waals surface area contributed by atoms with Crippen LogP contribution in [0.4, 0.5) is 0 Å². The van der Waals surface area contributed by atoms with Crippen LogP contribution in [0.3, 0.4) is 0 Å². The highest BCUT2D eigenvalue weighted by atomic mass is 16.5. The Hall–Kier alpha value is -2.43. The molecule has 0 radical (unpaired) electrons. The van der Waals surface area contributed by atoms with Crippen molar-refractivity contribution in [3.8, 4) is 17.0 Å². The van der Waals surface area contributed by atoms with E-state index in [4.69, 9.17) is 14.5 Å². The van der Waals surface area contributed by atoms with Gasteiger partial charge in [-0.2, -0.15) is 0 Å². The molecule has 0 amide bonds. The highest BCUT2D eigenvalue weighted by Crippen LogP contribution is 2.27. The number of methoxy groups -OCH3 is 1. The van der Waals surface area contributed by atoms with Crippen molar-refractivity contribution in [1.82, 2.24) is 9.97 Å². The van der Waals surface area contributed by atoms with Gasteiger partial charge in [0.15, 0.2) is 0 Å². The number of carbonyl (C=O) groups is 1. The SMILES string of the molecule is CCCCCCCCc1nc(C)c(C(=O)OCC)c(-c2ccc(OC)cc2)n1. The van der Waals surface area contributed by atoms with Crippen molar-refractivity contribution in [3.05, 3.63) is 41.3 Å². The molecule has 0 saturated carbocycles. The third-order valence-corrected chi connectivity index (χ3v) is 4.73. The molecule has 0 unspecified atom stereocenters. The molecule has 2 aromatic rings. The molecule has 0 fully saturated rings. The Morgan fingerprint density at radius 3 is 2.29 bits per heavy atom. The van der Waals surface area contributed by atoms with E-state index in [-0.39, 0.29) is 5.97 Å². The van der Waals surface area contributed by atoms with E-state index in [1.165, 1.54) is 32.1 Å². The highest BCUT2D eigenvalue weighted by molar-refractivity contribution is 5.97. The molecule has 0 aliphatic carbocycles. The van der Waals surface area contributed by atoms with Crippen LogP contribution in [0.1, 0.15) is 74.2 Å². The molecular weight excluding hydrogens is 352 g/mol. The lowest BCUT2D eigenvalue weighted by Gasteiger charge is -2.13. The molecular formula is C23H32N2O3. The van der Waals surface area contributed by atoms with Crippen molar-refractivity contribution in [3.63, 3.8) is 0 Å².